The number of aromatic nitrogens is 1. The van der Waals surface area contributed by atoms with E-state index in [0.29, 0.717) is 27.4 Å². The van der Waals surface area contributed by atoms with Crippen molar-refractivity contribution in [2.45, 2.75) is 26.3 Å². The van der Waals surface area contributed by atoms with Crippen LogP contribution in [0, 0.1) is 0 Å². The Bertz CT molecular complexity index is 924. The number of hydrogen-bond acceptors (Lipinski definition) is 5. The zero-order valence-electron chi connectivity index (χ0n) is 17.5. The number of rotatable bonds is 8. The van der Waals surface area contributed by atoms with Gasteiger partial charge in [-0.25, -0.2) is 4.98 Å². The molecular formula is C21H26Cl2N4O2S. The summed E-state index contributed by atoms with van der Waals surface area (Å²) in [6, 6.07) is 5.28. The molecule has 0 aliphatic rings. The first-order chi connectivity index (χ1) is 14.0. The highest BCUT2D eigenvalue weighted by atomic mass is 35.5. The van der Waals surface area contributed by atoms with Gasteiger partial charge in [-0.3, -0.25) is 19.4 Å². The van der Waals surface area contributed by atoms with Crippen molar-refractivity contribution < 1.29 is 9.59 Å². The largest absolute Gasteiger partial charge is 0.350 e. The minimum absolute atomic E-state index is 0.0765. The lowest BCUT2D eigenvalue weighted by Gasteiger charge is -2.25. The molecular weight excluding hydrogens is 443 g/mol. The van der Waals surface area contributed by atoms with Gasteiger partial charge >= 0.3 is 0 Å². The van der Waals surface area contributed by atoms with Gasteiger partial charge in [-0.2, -0.15) is 0 Å². The quantitative estimate of drug-likeness (QED) is 0.579. The molecule has 1 heterocycles. The van der Waals surface area contributed by atoms with Crippen LogP contribution in [0.3, 0.4) is 0 Å². The predicted octanol–water partition coefficient (Wildman–Crippen LogP) is 4.48. The van der Waals surface area contributed by atoms with E-state index in [1.807, 2.05) is 32.2 Å². The molecule has 1 N–H and O–H groups in total. The standard InChI is InChI=1S/C21H26Cl2N4O2S/c1-6-9-27(19(29)12-26(5)11-18(28)25-21(2,3)4)20-24-17(13-30-20)14-7-8-15(22)16(23)10-14/h6-8,10,13H,1,9,11-12H2,2-5H3,(H,25,28). The molecule has 0 saturated heterocycles. The highest BCUT2D eigenvalue weighted by Crippen LogP contribution is 2.31. The van der Waals surface area contributed by atoms with Crippen LogP contribution < -0.4 is 10.2 Å². The number of amides is 2. The Hall–Kier alpha value is -1.93. The van der Waals surface area contributed by atoms with E-state index in [2.05, 4.69) is 16.9 Å². The van der Waals surface area contributed by atoms with Crippen molar-refractivity contribution in [3.05, 3.63) is 46.3 Å². The van der Waals surface area contributed by atoms with Gasteiger partial charge in [0.1, 0.15) is 0 Å². The maximum atomic E-state index is 12.9. The predicted molar refractivity (Wildman–Crippen MR) is 126 cm³/mol. The molecule has 0 unspecified atom stereocenters. The van der Waals surface area contributed by atoms with Crippen molar-refractivity contribution in [1.29, 1.82) is 0 Å². The third-order valence-corrected chi connectivity index (χ3v) is 5.49. The zero-order valence-corrected chi connectivity index (χ0v) is 19.9. The average molecular weight is 469 g/mol. The normalized spacial score (nSPS) is 11.4. The Morgan fingerprint density at radius 3 is 2.53 bits per heavy atom. The van der Waals surface area contributed by atoms with Gasteiger partial charge in [-0.05, 0) is 40.0 Å². The summed E-state index contributed by atoms with van der Waals surface area (Å²) in [4.78, 5) is 32.8. The summed E-state index contributed by atoms with van der Waals surface area (Å²) in [7, 11) is 1.73. The van der Waals surface area contributed by atoms with Gasteiger partial charge < -0.3 is 5.32 Å². The van der Waals surface area contributed by atoms with E-state index in [4.69, 9.17) is 23.2 Å². The summed E-state index contributed by atoms with van der Waals surface area (Å²) < 4.78 is 0. The molecule has 0 aliphatic heterocycles. The Labute approximate surface area is 191 Å². The summed E-state index contributed by atoms with van der Waals surface area (Å²) in [6.07, 6.45) is 1.64. The first kappa shape index (κ1) is 24.3. The van der Waals surface area contributed by atoms with Gasteiger partial charge in [0.15, 0.2) is 5.13 Å². The monoisotopic (exact) mass is 468 g/mol. The molecule has 30 heavy (non-hydrogen) atoms. The van der Waals surface area contributed by atoms with E-state index in [-0.39, 0.29) is 30.4 Å². The summed E-state index contributed by atoms with van der Waals surface area (Å²) in [5, 5.41) is 6.21. The molecule has 0 aliphatic carbocycles. The van der Waals surface area contributed by atoms with E-state index < -0.39 is 0 Å². The number of thiazole rings is 1. The lowest BCUT2D eigenvalue weighted by Crippen LogP contribution is -2.47. The second-order valence-electron chi connectivity index (χ2n) is 7.91. The molecule has 0 bridgehead atoms. The second-order valence-corrected chi connectivity index (χ2v) is 9.56. The van der Waals surface area contributed by atoms with Crippen LogP contribution in [-0.4, -0.2) is 53.9 Å². The average Bonchev–Trinajstić information content (AvgIpc) is 3.09. The van der Waals surface area contributed by atoms with Crippen molar-refractivity contribution >= 4 is 51.5 Å². The van der Waals surface area contributed by atoms with Crippen LogP contribution in [-0.2, 0) is 9.59 Å². The number of anilines is 1. The molecule has 0 saturated carbocycles. The van der Waals surface area contributed by atoms with Crippen LogP contribution in [0.25, 0.3) is 11.3 Å². The molecule has 1 aromatic heterocycles. The maximum absolute atomic E-state index is 12.9. The Morgan fingerprint density at radius 2 is 1.93 bits per heavy atom. The number of carbonyl (C=O) groups excluding carboxylic acids is 2. The second kappa shape index (κ2) is 10.4. The van der Waals surface area contributed by atoms with Crippen molar-refractivity contribution in [3.8, 4) is 11.3 Å². The first-order valence-electron chi connectivity index (χ1n) is 9.32. The van der Waals surface area contributed by atoms with E-state index in [1.165, 1.54) is 11.3 Å². The van der Waals surface area contributed by atoms with Gasteiger partial charge in [0.2, 0.25) is 11.8 Å². The molecule has 0 radical (unpaired) electrons. The minimum atomic E-state index is -0.321. The number of halogens is 2. The Kier molecular flexibility index (Phi) is 8.43. The van der Waals surface area contributed by atoms with Crippen LogP contribution in [0.2, 0.25) is 10.0 Å². The first-order valence-corrected chi connectivity index (χ1v) is 11.0. The van der Waals surface area contributed by atoms with Crippen molar-refractivity contribution in [2.24, 2.45) is 0 Å². The number of carbonyl (C=O) groups is 2. The summed E-state index contributed by atoms with van der Waals surface area (Å²) in [5.74, 6) is -0.305. The summed E-state index contributed by atoms with van der Waals surface area (Å²) in [5.41, 5.74) is 1.20. The van der Waals surface area contributed by atoms with E-state index in [0.717, 1.165) is 5.56 Å². The Morgan fingerprint density at radius 1 is 1.23 bits per heavy atom. The van der Waals surface area contributed by atoms with Gasteiger partial charge in [-0.1, -0.05) is 35.3 Å². The van der Waals surface area contributed by atoms with Gasteiger partial charge in [0, 0.05) is 23.0 Å². The number of nitrogens with one attached hydrogen (secondary N) is 1. The van der Waals surface area contributed by atoms with E-state index in [1.54, 1.807) is 35.1 Å². The lowest BCUT2D eigenvalue weighted by atomic mass is 10.1. The molecule has 0 atom stereocenters. The van der Waals surface area contributed by atoms with Crippen LogP contribution in [0.5, 0.6) is 0 Å². The number of benzene rings is 1. The fraction of sp³-hybridized carbons (Fsp3) is 0.381. The van der Waals surface area contributed by atoms with Crippen LogP contribution in [0.4, 0.5) is 5.13 Å². The fourth-order valence-corrected chi connectivity index (χ4v) is 3.83. The highest BCUT2D eigenvalue weighted by Gasteiger charge is 2.22. The Balaban J connectivity index is 2.10. The number of likely N-dealkylation sites (N-methyl/N-ethyl adjacent to an activating group) is 1. The molecule has 9 heteroatoms. The van der Waals surface area contributed by atoms with Crippen LogP contribution in [0.15, 0.2) is 36.2 Å². The topological polar surface area (TPSA) is 65.5 Å². The van der Waals surface area contributed by atoms with E-state index in [9.17, 15) is 9.59 Å². The van der Waals surface area contributed by atoms with Gasteiger partial charge in [-0.15, -0.1) is 17.9 Å². The third kappa shape index (κ3) is 7.09. The summed E-state index contributed by atoms with van der Waals surface area (Å²) >= 11 is 13.4. The van der Waals surface area contributed by atoms with E-state index >= 15 is 0 Å². The van der Waals surface area contributed by atoms with Crippen LogP contribution in [0.1, 0.15) is 20.8 Å². The zero-order chi connectivity index (χ0) is 22.5. The lowest BCUT2D eigenvalue weighted by molar-refractivity contribution is -0.124. The number of nitrogens with zero attached hydrogens (tertiary/aromatic N) is 3. The third-order valence-electron chi connectivity index (χ3n) is 3.88. The molecule has 2 amide bonds. The molecule has 2 aromatic rings. The van der Waals surface area contributed by atoms with Gasteiger partial charge in [0.05, 0.1) is 28.8 Å². The fourth-order valence-electron chi connectivity index (χ4n) is 2.67. The summed E-state index contributed by atoms with van der Waals surface area (Å²) in [6.45, 7) is 9.99. The van der Waals surface area contributed by atoms with Gasteiger partial charge in [0.25, 0.3) is 0 Å². The number of hydrogen-bond donors (Lipinski definition) is 1. The minimum Gasteiger partial charge on any atom is -0.350 e. The maximum Gasteiger partial charge on any atom is 0.243 e. The SMILES string of the molecule is C=CCN(C(=O)CN(C)CC(=O)NC(C)(C)C)c1nc(-c2ccc(Cl)c(Cl)c2)cs1. The molecule has 2 rings (SSSR count). The molecule has 1 aromatic carbocycles. The molecule has 0 spiro atoms. The van der Waals surface area contributed by atoms with Crippen molar-refractivity contribution in [2.75, 3.05) is 31.6 Å². The highest BCUT2D eigenvalue weighted by molar-refractivity contribution is 7.14. The van der Waals surface area contributed by atoms with Crippen molar-refractivity contribution in [3.63, 3.8) is 0 Å². The van der Waals surface area contributed by atoms with Crippen LogP contribution >= 0.6 is 34.5 Å². The molecule has 6 nitrogen and oxygen atoms in total. The molecule has 162 valence electrons. The smallest absolute Gasteiger partial charge is 0.243 e. The molecule has 0 fully saturated rings. The van der Waals surface area contributed by atoms with Crippen molar-refractivity contribution in [1.82, 2.24) is 15.2 Å².